The van der Waals surface area contributed by atoms with Gasteiger partial charge in [-0.15, -0.1) is 0 Å². The highest BCUT2D eigenvalue weighted by Gasteiger charge is 2.14. The number of carboxylic acids is 1. The molecule has 0 fully saturated rings. The Balaban J connectivity index is 2.68. The van der Waals surface area contributed by atoms with Crippen molar-refractivity contribution in [3.8, 4) is 0 Å². The lowest BCUT2D eigenvalue weighted by Crippen LogP contribution is -2.14. The van der Waals surface area contributed by atoms with Gasteiger partial charge in [-0.25, -0.2) is 4.79 Å². The Bertz CT molecular complexity index is 427. The van der Waals surface area contributed by atoms with Crippen molar-refractivity contribution in [1.29, 1.82) is 0 Å². The van der Waals surface area contributed by atoms with Gasteiger partial charge in [-0.2, -0.15) is 0 Å². The number of carbonyl (C=O) groups is 1. The minimum absolute atomic E-state index is 0.449. The van der Waals surface area contributed by atoms with Crippen molar-refractivity contribution in [2.75, 3.05) is 19.0 Å². The van der Waals surface area contributed by atoms with Crippen LogP contribution in [0, 0.1) is 0 Å². The van der Waals surface area contributed by atoms with Crippen LogP contribution in [0.1, 0.15) is 61.4 Å². The molecule has 0 aliphatic rings. The van der Waals surface area contributed by atoms with E-state index < -0.39 is 5.97 Å². The molecule has 1 aromatic carbocycles. The quantitative estimate of drug-likeness (QED) is 0.682. The third kappa shape index (κ3) is 4.87. The Hall–Kier alpha value is -1.51. The summed E-state index contributed by atoms with van der Waals surface area (Å²) in [7, 11) is 3.93. The van der Waals surface area contributed by atoms with Crippen LogP contribution < -0.4 is 4.90 Å². The molecule has 0 heterocycles. The van der Waals surface area contributed by atoms with E-state index in [2.05, 4.69) is 6.92 Å². The number of aromatic carboxylic acids is 1. The van der Waals surface area contributed by atoms with Crippen LogP contribution in [0.2, 0.25) is 0 Å². The van der Waals surface area contributed by atoms with Gasteiger partial charge in [0.2, 0.25) is 0 Å². The minimum Gasteiger partial charge on any atom is -0.478 e. The Morgan fingerprint density at radius 2 is 1.75 bits per heavy atom. The van der Waals surface area contributed by atoms with Gasteiger partial charge in [0.15, 0.2) is 0 Å². The highest BCUT2D eigenvalue weighted by molar-refractivity contribution is 5.91. The Morgan fingerprint density at radius 1 is 1.10 bits per heavy atom. The van der Waals surface area contributed by atoms with Gasteiger partial charge in [-0.3, -0.25) is 0 Å². The van der Waals surface area contributed by atoms with Gasteiger partial charge in [0.05, 0.1) is 5.56 Å². The molecule has 0 saturated heterocycles. The first-order valence-corrected chi connectivity index (χ1v) is 7.60. The van der Waals surface area contributed by atoms with Crippen LogP contribution in [-0.4, -0.2) is 25.2 Å². The van der Waals surface area contributed by atoms with Gasteiger partial charge in [0, 0.05) is 19.8 Å². The van der Waals surface area contributed by atoms with Gasteiger partial charge in [-0.05, 0) is 30.5 Å². The van der Waals surface area contributed by atoms with Crippen molar-refractivity contribution in [3.63, 3.8) is 0 Å². The summed E-state index contributed by atoms with van der Waals surface area (Å²) < 4.78 is 0. The molecule has 0 aliphatic heterocycles. The van der Waals surface area contributed by atoms with E-state index in [4.69, 9.17) is 0 Å². The van der Waals surface area contributed by atoms with Crippen molar-refractivity contribution in [2.45, 2.75) is 51.9 Å². The van der Waals surface area contributed by atoms with E-state index in [1.807, 2.05) is 31.1 Å². The largest absolute Gasteiger partial charge is 0.478 e. The van der Waals surface area contributed by atoms with E-state index in [1.54, 1.807) is 6.07 Å². The molecule has 1 N–H and O–H groups in total. The molecule has 3 nitrogen and oxygen atoms in total. The highest BCUT2D eigenvalue weighted by atomic mass is 16.4. The van der Waals surface area contributed by atoms with Crippen LogP contribution in [0.5, 0.6) is 0 Å². The molecular formula is C17H27NO2. The molecule has 1 aromatic rings. The van der Waals surface area contributed by atoms with E-state index in [1.165, 1.54) is 32.1 Å². The summed E-state index contributed by atoms with van der Waals surface area (Å²) in [4.78, 5) is 13.4. The summed E-state index contributed by atoms with van der Waals surface area (Å²) in [6, 6.07) is 5.53. The van der Waals surface area contributed by atoms with Crippen LogP contribution in [0.25, 0.3) is 0 Å². The molecule has 0 aromatic heterocycles. The number of carboxylic acid groups (broad SMARTS) is 1. The lowest BCUT2D eigenvalue weighted by Gasteiger charge is -2.19. The van der Waals surface area contributed by atoms with E-state index in [-0.39, 0.29) is 0 Å². The molecule has 0 aliphatic carbocycles. The molecule has 0 unspecified atom stereocenters. The van der Waals surface area contributed by atoms with Crippen LogP contribution >= 0.6 is 0 Å². The summed E-state index contributed by atoms with van der Waals surface area (Å²) in [6.45, 7) is 2.21. The monoisotopic (exact) mass is 277 g/mol. The lowest BCUT2D eigenvalue weighted by molar-refractivity contribution is 0.0695. The van der Waals surface area contributed by atoms with E-state index in [0.29, 0.717) is 5.56 Å². The predicted octanol–water partition coefficient (Wildman–Crippen LogP) is 4.35. The van der Waals surface area contributed by atoms with Gasteiger partial charge in [-0.1, -0.05) is 45.1 Å². The average Bonchev–Trinajstić information content (AvgIpc) is 2.42. The molecule has 0 saturated carbocycles. The number of unbranched alkanes of at least 4 members (excludes halogenated alkanes) is 5. The first-order chi connectivity index (χ1) is 9.57. The van der Waals surface area contributed by atoms with Crippen molar-refractivity contribution in [2.24, 2.45) is 0 Å². The molecule has 0 atom stereocenters. The Labute approximate surface area is 122 Å². The molecule has 1 rings (SSSR count). The van der Waals surface area contributed by atoms with Crippen LogP contribution in [-0.2, 0) is 6.42 Å². The summed E-state index contributed by atoms with van der Waals surface area (Å²) in [5, 5.41) is 9.33. The second-order valence-electron chi connectivity index (χ2n) is 5.52. The van der Waals surface area contributed by atoms with Gasteiger partial charge in [0.25, 0.3) is 0 Å². The maximum Gasteiger partial charge on any atom is 0.336 e. The number of rotatable bonds is 9. The second kappa shape index (κ2) is 8.62. The minimum atomic E-state index is -0.824. The number of hydrogen-bond acceptors (Lipinski definition) is 2. The fourth-order valence-electron chi connectivity index (χ4n) is 2.54. The third-order valence-corrected chi connectivity index (χ3v) is 3.64. The molecule has 0 radical (unpaired) electrons. The van der Waals surface area contributed by atoms with Gasteiger partial charge in [0.1, 0.15) is 0 Å². The van der Waals surface area contributed by atoms with Crippen molar-refractivity contribution in [1.82, 2.24) is 0 Å². The smallest absolute Gasteiger partial charge is 0.336 e. The third-order valence-electron chi connectivity index (χ3n) is 3.64. The molecule has 3 heteroatoms. The van der Waals surface area contributed by atoms with Crippen molar-refractivity contribution in [3.05, 3.63) is 29.3 Å². The lowest BCUT2D eigenvalue weighted by atomic mass is 9.98. The topological polar surface area (TPSA) is 40.5 Å². The number of hydrogen-bond donors (Lipinski definition) is 1. The first-order valence-electron chi connectivity index (χ1n) is 7.60. The van der Waals surface area contributed by atoms with Gasteiger partial charge < -0.3 is 10.0 Å². The van der Waals surface area contributed by atoms with Gasteiger partial charge >= 0.3 is 5.97 Å². The fraction of sp³-hybridized carbons (Fsp3) is 0.588. The Morgan fingerprint density at radius 3 is 2.35 bits per heavy atom. The summed E-state index contributed by atoms with van der Waals surface area (Å²) >= 11 is 0. The van der Waals surface area contributed by atoms with Crippen molar-refractivity contribution >= 4 is 11.7 Å². The number of anilines is 1. The number of benzene rings is 1. The average molecular weight is 277 g/mol. The first kappa shape index (κ1) is 16.5. The molecule has 0 spiro atoms. The van der Waals surface area contributed by atoms with E-state index in [9.17, 15) is 9.90 Å². The molecule has 0 bridgehead atoms. The zero-order valence-electron chi connectivity index (χ0n) is 13.0. The molecule has 20 heavy (non-hydrogen) atoms. The molecular weight excluding hydrogens is 250 g/mol. The summed E-state index contributed by atoms with van der Waals surface area (Å²) in [5.74, 6) is -0.824. The predicted molar refractivity (Wildman–Crippen MR) is 84.8 cm³/mol. The summed E-state index contributed by atoms with van der Waals surface area (Å²) in [5.41, 5.74) is 2.45. The molecule has 0 amide bonds. The summed E-state index contributed by atoms with van der Waals surface area (Å²) in [6.07, 6.45) is 8.19. The maximum atomic E-state index is 11.4. The van der Waals surface area contributed by atoms with E-state index in [0.717, 1.165) is 24.1 Å². The number of nitrogens with zero attached hydrogens (tertiary/aromatic N) is 1. The normalized spacial score (nSPS) is 10.6. The second-order valence-corrected chi connectivity index (χ2v) is 5.52. The van der Waals surface area contributed by atoms with Crippen LogP contribution in [0.4, 0.5) is 5.69 Å². The fourth-order valence-corrected chi connectivity index (χ4v) is 2.54. The standard InChI is InChI=1S/C17H27NO2/c1-4-5-6-7-8-9-11-14-15(17(19)20)12-10-13-16(14)18(2)3/h10,12-13H,4-9,11H2,1-3H3,(H,19,20). The zero-order valence-corrected chi connectivity index (χ0v) is 13.0. The van der Waals surface area contributed by atoms with Crippen LogP contribution in [0.3, 0.4) is 0 Å². The molecule has 112 valence electrons. The Kier molecular flexibility index (Phi) is 7.13. The highest BCUT2D eigenvalue weighted by Crippen LogP contribution is 2.25. The van der Waals surface area contributed by atoms with Crippen LogP contribution in [0.15, 0.2) is 18.2 Å². The maximum absolute atomic E-state index is 11.4. The van der Waals surface area contributed by atoms with Crippen molar-refractivity contribution < 1.29 is 9.90 Å². The SMILES string of the molecule is CCCCCCCCc1c(C(=O)O)cccc1N(C)C. The zero-order chi connectivity index (χ0) is 15.0. The van der Waals surface area contributed by atoms with E-state index >= 15 is 0 Å².